The lowest BCUT2D eigenvalue weighted by Crippen LogP contribution is -2.33. The number of phenols is 3. The predicted molar refractivity (Wildman–Crippen MR) is 161 cm³/mol. The van der Waals surface area contributed by atoms with E-state index in [0.717, 1.165) is 23.8 Å². The number of halogens is 3. The Bertz CT molecular complexity index is 1940. The minimum absolute atomic E-state index is 0.0153. The summed E-state index contributed by atoms with van der Waals surface area (Å²) in [4.78, 5) is 13.7. The summed E-state index contributed by atoms with van der Waals surface area (Å²) in [5.41, 5.74) is 2.52. The zero-order valence-corrected chi connectivity index (χ0v) is 24.1. The summed E-state index contributed by atoms with van der Waals surface area (Å²) >= 11 is 0. The number of carbonyl (C=O) groups is 1. The van der Waals surface area contributed by atoms with Crippen molar-refractivity contribution >= 4 is 39.2 Å². The van der Waals surface area contributed by atoms with E-state index in [1.807, 2.05) is 0 Å². The van der Waals surface area contributed by atoms with E-state index in [4.69, 9.17) is 4.18 Å². The normalized spacial score (nSPS) is 19.9. The lowest BCUT2D eigenvalue weighted by molar-refractivity contribution is -0.137. The first-order valence-electron chi connectivity index (χ1n) is 13.8. The summed E-state index contributed by atoms with van der Waals surface area (Å²) in [6.45, 7) is 0. The van der Waals surface area contributed by atoms with E-state index in [1.54, 1.807) is 48.6 Å². The van der Waals surface area contributed by atoms with Crippen molar-refractivity contribution in [3.8, 4) is 23.0 Å². The van der Waals surface area contributed by atoms with Crippen molar-refractivity contribution in [1.29, 1.82) is 0 Å². The van der Waals surface area contributed by atoms with Crippen LogP contribution in [0, 0.1) is 11.8 Å². The van der Waals surface area contributed by atoms with Crippen LogP contribution in [-0.2, 0) is 21.1 Å². The van der Waals surface area contributed by atoms with Crippen LogP contribution in [0.25, 0.3) is 23.3 Å². The van der Waals surface area contributed by atoms with E-state index < -0.39 is 44.7 Å². The second-order valence-electron chi connectivity index (χ2n) is 10.9. The number of allylic oxidation sites excluding steroid dienone is 2. The van der Waals surface area contributed by atoms with Crippen LogP contribution in [0.15, 0.2) is 91.0 Å². The molecule has 45 heavy (non-hydrogen) atoms. The molecule has 4 aromatic carbocycles. The quantitative estimate of drug-likeness (QED) is 0.149. The third-order valence-electron chi connectivity index (χ3n) is 7.98. The first-order valence-corrected chi connectivity index (χ1v) is 15.3. The zero-order chi connectivity index (χ0) is 32.1. The average molecular weight is 635 g/mol. The Morgan fingerprint density at radius 3 is 1.98 bits per heavy atom. The minimum atomic E-state index is -4.70. The number of benzene rings is 4. The van der Waals surface area contributed by atoms with Gasteiger partial charge in [-0.2, -0.15) is 21.6 Å². The van der Waals surface area contributed by atoms with E-state index >= 15 is 0 Å². The number of hydrogen-bond donors (Lipinski definition) is 3. The molecule has 0 aromatic heterocycles. The molecule has 0 spiro atoms. The molecule has 11 heteroatoms. The minimum Gasteiger partial charge on any atom is -0.508 e. The summed E-state index contributed by atoms with van der Waals surface area (Å²) in [5, 5.41) is 27.9. The number of aromatic hydroxyl groups is 3. The topological polar surface area (TPSA) is 121 Å². The zero-order valence-electron chi connectivity index (χ0n) is 23.3. The highest BCUT2D eigenvalue weighted by Crippen LogP contribution is 2.56. The van der Waals surface area contributed by atoms with Gasteiger partial charge in [0, 0.05) is 12.0 Å². The van der Waals surface area contributed by atoms with Crippen LogP contribution in [0.3, 0.4) is 0 Å². The average Bonchev–Trinajstić information content (AvgIpc) is 3.46. The van der Waals surface area contributed by atoms with Gasteiger partial charge in [0.1, 0.15) is 34.0 Å². The number of alkyl halides is 3. The molecule has 2 aliphatic carbocycles. The van der Waals surface area contributed by atoms with Crippen molar-refractivity contribution in [3.05, 3.63) is 119 Å². The number of phenolic OH excluding ortho intramolecular Hbond substituents is 3. The first kappa shape index (κ1) is 30.0. The van der Waals surface area contributed by atoms with E-state index in [-0.39, 0.29) is 29.5 Å². The fraction of sp³-hybridized carbons (Fsp3) is 0.147. The SMILES string of the molecule is O=C1C2CC(S(=O)(=O)Oc3cccc(C(F)(F)F)c3)C1C(c1ccc(/C=C/c3cc(O)cc(O)c3)cc1)=C2c1ccc(O)cc1. The van der Waals surface area contributed by atoms with Crippen LogP contribution in [-0.4, -0.2) is 34.8 Å². The van der Waals surface area contributed by atoms with Crippen LogP contribution in [0.2, 0.25) is 0 Å². The molecular weight excluding hydrogens is 609 g/mol. The van der Waals surface area contributed by atoms with E-state index in [2.05, 4.69) is 0 Å². The van der Waals surface area contributed by atoms with Crippen molar-refractivity contribution in [2.45, 2.75) is 17.8 Å². The number of carbonyl (C=O) groups excluding carboxylic acids is 1. The molecule has 1 saturated carbocycles. The van der Waals surface area contributed by atoms with Crippen LogP contribution in [0.5, 0.6) is 23.0 Å². The van der Waals surface area contributed by atoms with Gasteiger partial charge in [-0.3, -0.25) is 4.79 Å². The number of ketones is 1. The van der Waals surface area contributed by atoms with Crippen molar-refractivity contribution in [2.24, 2.45) is 11.8 Å². The number of Topliss-reactive ketones (excluding diaryl/α,β-unsaturated/α-hetero) is 1. The summed E-state index contributed by atoms with van der Waals surface area (Å²) in [5.74, 6) is -2.95. The van der Waals surface area contributed by atoms with Gasteiger partial charge in [0.15, 0.2) is 0 Å². The van der Waals surface area contributed by atoms with Gasteiger partial charge < -0.3 is 19.5 Å². The fourth-order valence-corrected chi connectivity index (χ4v) is 7.57. The molecule has 4 aromatic rings. The van der Waals surface area contributed by atoms with Crippen LogP contribution in [0.4, 0.5) is 13.2 Å². The monoisotopic (exact) mass is 634 g/mol. The molecule has 2 aliphatic rings. The Kier molecular flexibility index (Phi) is 7.44. The Morgan fingerprint density at radius 2 is 1.33 bits per heavy atom. The van der Waals surface area contributed by atoms with Gasteiger partial charge in [-0.1, -0.05) is 54.6 Å². The maximum atomic E-state index is 13.7. The van der Waals surface area contributed by atoms with Gasteiger partial charge in [-0.15, -0.1) is 0 Å². The standard InChI is InChI=1S/C34H25F3O7S/c35-34(36,37)23-2-1-3-27(16-23)44-45(42,43)29-18-28-30(21-10-12-24(38)13-11-21)31(32(29)33(28)41)22-8-6-19(7-9-22)4-5-20-14-25(39)17-26(40)15-20/h1-17,28-29,32,38-40H,18H2/b5-4+. The lowest BCUT2D eigenvalue weighted by atomic mass is 9.83. The largest absolute Gasteiger partial charge is 0.508 e. The third kappa shape index (κ3) is 5.91. The van der Waals surface area contributed by atoms with E-state index in [0.29, 0.717) is 33.9 Å². The van der Waals surface area contributed by atoms with Gasteiger partial charge >= 0.3 is 16.3 Å². The summed E-state index contributed by atoms with van der Waals surface area (Å²) in [6.07, 6.45) is -1.38. The molecule has 6 rings (SSSR count). The van der Waals surface area contributed by atoms with Crippen molar-refractivity contribution in [1.82, 2.24) is 0 Å². The maximum Gasteiger partial charge on any atom is 0.416 e. The molecule has 3 unspecified atom stereocenters. The number of rotatable bonds is 7. The van der Waals surface area contributed by atoms with Gasteiger partial charge in [0.2, 0.25) is 0 Å². The Morgan fingerprint density at radius 1 is 0.733 bits per heavy atom. The van der Waals surface area contributed by atoms with Crippen molar-refractivity contribution in [3.63, 3.8) is 0 Å². The molecule has 0 saturated heterocycles. The molecule has 0 aliphatic heterocycles. The molecule has 0 heterocycles. The van der Waals surface area contributed by atoms with E-state index in [9.17, 15) is 41.7 Å². The molecule has 3 N–H and O–H groups in total. The molecule has 0 radical (unpaired) electrons. The second kappa shape index (κ2) is 11.2. The van der Waals surface area contributed by atoms with Crippen LogP contribution < -0.4 is 4.18 Å². The number of fused-ring (bicyclic) bond motifs is 2. The molecule has 7 nitrogen and oxygen atoms in total. The van der Waals surface area contributed by atoms with Gasteiger partial charge in [0.25, 0.3) is 0 Å². The molecule has 3 atom stereocenters. The molecule has 1 fully saturated rings. The first-order chi connectivity index (χ1) is 21.3. The van der Waals surface area contributed by atoms with Crippen LogP contribution in [0.1, 0.15) is 34.2 Å². The van der Waals surface area contributed by atoms with Crippen molar-refractivity contribution < 1.29 is 45.9 Å². The highest BCUT2D eigenvalue weighted by atomic mass is 32.2. The highest BCUT2D eigenvalue weighted by molar-refractivity contribution is 7.87. The van der Waals surface area contributed by atoms with Gasteiger partial charge in [0.05, 0.1) is 11.5 Å². The maximum absolute atomic E-state index is 13.7. The van der Waals surface area contributed by atoms with Gasteiger partial charge in [-0.05, 0) is 82.3 Å². The molecule has 0 amide bonds. The van der Waals surface area contributed by atoms with E-state index in [1.165, 1.54) is 30.3 Å². The summed E-state index contributed by atoms with van der Waals surface area (Å²) in [7, 11) is -4.56. The Balaban J connectivity index is 1.36. The molecular formula is C34H25F3O7S. The predicted octanol–water partition coefficient (Wildman–Crippen LogP) is 6.90. The van der Waals surface area contributed by atoms with Gasteiger partial charge in [-0.25, -0.2) is 0 Å². The molecule has 2 bridgehead atoms. The lowest BCUT2D eigenvalue weighted by Gasteiger charge is -2.26. The highest BCUT2D eigenvalue weighted by Gasteiger charge is 2.58. The summed E-state index contributed by atoms with van der Waals surface area (Å²) < 4.78 is 72.0. The van der Waals surface area contributed by atoms with Crippen molar-refractivity contribution in [2.75, 3.05) is 0 Å². The Hall–Kier alpha value is -5.03. The number of hydrogen-bond acceptors (Lipinski definition) is 7. The third-order valence-corrected chi connectivity index (χ3v) is 9.61. The second-order valence-corrected chi connectivity index (χ2v) is 12.7. The Labute approximate surface area is 256 Å². The van der Waals surface area contributed by atoms with Crippen LogP contribution >= 0.6 is 0 Å². The molecule has 230 valence electrons. The smallest absolute Gasteiger partial charge is 0.416 e. The summed E-state index contributed by atoms with van der Waals surface area (Å²) in [6, 6.07) is 20.9. The fourth-order valence-electron chi connectivity index (χ4n) is 6.05.